The fourth-order valence-corrected chi connectivity index (χ4v) is 4.02. The van der Waals surface area contributed by atoms with Crippen molar-refractivity contribution in [2.24, 2.45) is 0 Å². The highest BCUT2D eigenvalue weighted by Crippen LogP contribution is 2.25. The average Bonchev–Trinajstić information content (AvgIpc) is 3.17. The van der Waals surface area contributed by atoms with Gasteiger partial charge in [0.1, 0.15) is 17.5 Å². The van der Waals surface area contributed by atoms with E-state index in [-0.39, 0.29) is 17.5 Å². The number of amides is 2. The van der Waals surface area contributed by atoms with Crippen LogP contribution in [0.15, 0.2) is 18.2 Å². The van der Waals surface area contributed by atoms with Crippen LogP contribution in [0.25, 0.3) is 0 Å². The van der Waals surface area contributed by atoms with Gasteiger partial charge in [-0.1, -0.05) is 0 Å². The number of nitriles is 1. The summed E-state index contributed by atoms with van der Waals surface area (Å²) in [5.41, 5.74) is 0.0983. The van der Waals surface area contributed by atoms with Crippen LogP contribution in [0.3, 0.4) is 0 Å². The molecule has 2 atom stereocenters. The van der Waals surface area contributed by atoms with Crippen LogP contribution in [0.4, 0.5) is 14.9 Å². The number of carbonyl (C=O) groups is 2. The molecule has 8 heteroatoms. The Morgan fingerprint density at radius 3 is 2.63 bits per heavy atom. The fourth-order valence-electron chi connectivity index (χ4n) is 4.02. The van der Waals surface area contributed by atoms with E-state index in [2.05, 4.69) is 5.32 Å². The SMILES string of the molecule is CC(C)(C)OC(=O)N1CCC[C@H]1C(=O)NC1CCCN(c2ccc(C#N)cc2F)C1. The van der Waals surface area contributed by atoms with E-state index in [9.17, 15) is 14.0 Å². The van der Waals surface area contributed by atoms with Gasteiger partial charge in [-0.05, 0) is 64.7 Å². The number of halogens is 1. The first-order valence-corrected chi connectivity index (χ1v) is 10.4. The molecule has 2 saturated heterocycles. The molecule has 30 heavy (non-hydrogen) atoms. The number of likely N-dealkylation sites (tertiary alicyclic amines) is 1. The molecule has 2 heterocycles. The Hall–Kier alpha value is -2.82. The predicted octanol–water partition coefficient (Wildman–Crippen LogP) is 3.18. The smallest absolute Gasteiger partial charge is 0.410 e. The first-order valence-electron chi connectivity index (χ1n) is 10.4. The van der Waals surface area contributed by atoms with E-state index in [1.807, 2.05) is 11.0 Å². The van der Waals surface area contributed by atoms with E-state index in [0.29, 0.717) is 31.7 Å². The number of piperidine rings is 1. The third-order valence-electron chi connectivity index (χ3n) is 5.37. The largest absolute Gasteiger partial charge is 0.444 e. The van der Waals surface area contributed by atoms with Crippen molar-refractivity contribution in [1.29, 1.82) is 5.26 Å². The maximum atomic E-state index is 14.4. The van der Waals surface area contributed by atoms with Crippen LogP contribution in [-0.4, -0.2) is 54.2 Å². The molecule has 162 valence electrons. The number of carbonyl (C=O) groups excluding carboxylic acids is 2. The highest BCUT2D eigenvalue weighted by atomic mass is 19.1. The average molecular weight is 416 g/mol. The van der Waals surface area contributed by atoms with Gasteiger partial charge in [0.25, 0.3) is 0 Å². The molecule has 7 nitrogen and oxygen atoms in total. The summed E-state index contributed by atoms with van der Waals surface area (Å²) in [7, 11) is 0. The molecule has 0 saturated carbocycles. The van der Waals surface area contributed by atoms with Crippen LogP contribution in [0, 0.1) is 17.1 Å². The quantitative estimate of drug-likeness (QED) is 0.818. The highest BCUT2D eigenvalue weighted by molar-refractivity contribution is 5.86. The maximum absolute atomic E-state index is 14.4. The molecule has 1 N–H and O–H groups in total. The summed E-state index contributed by atoms with van der Waals surface area (Å²) in [6.07, 6.45) is 2.49. The zero-order chi connectivity index (χ0) is 21.9. The first kappa shape index (κ1) is 21.9. The van der Waals surface area contributed by atoms with Crippen molar-refractivity contribution in [3.05, 3.63) is 29.6 Å². The summed E-state index contributed by atoms with van der Waals surface area (Å²) in [6.45, 7) is 7.06. The summed E-state index contributed by atoms with van der Waals surface area (Å²) < 4.78 is 19.8. The highest BCUT2D eigenvalue weighted by Gasteiger charge is 2.37. The van der Waals surface area contributed by atoms with Gasteiger partial charge in [-0.25, -0.2) is 9.18 Å². The van der Waals surface area contributed by atoms with Crippen molar-refractivity contribution >= 4 is 17.7 Å². The lowest BCUT2D eigenvalue weighted by atomic mass is 10.0. The van der Waals surface area contributed by atoms with Crippen molar-refractivity contribution in [2.75, 3.05) is 24.5 Å². The van der Waals surface area contributed by atoms with E-state index in [1.165, 1.54) is 11.0 Å². The number of nitrogens with zero attached hydrogens (tertiary/aromatic N) is 3. The Kier molecular flexibility index (Phi) is 6.49. The molecule has 2 amide bonds. The van der Waals surface area contributed by atoms with E-state index in [0.717, 1.165) is 19.3 Å². The number of hydrogen-bond donors (Lipinski definition) is 1. The lowest BCUT2D eigenvalue weighted by molar-refractivity contribution is -0.126. The second-order valence-electron chi connectivity index (χ2n) is 8.90. The van der Waals surface area contributed by atoms with Crippen molar-refractivity contribution in [1.82, 2.24) is 10.2 Å². The summed E-state index contributed by atoms with van der Waals surface area (Å²) in [5, 5.41) is 12.0. The van der Waals surface area contributed by atoms with E-state index in [1.54, 1.807) is 32.9 Å². The minimum atomic E-state index is -0.615. The van der Waals surface area contributed by atoms with Crippen molar-refractivity contribution in [2.45, 2.75) is 64.1 Å². The molecular formula is C22H29FN4O3. The topological polar surface area (TPSA) is 85.7 Å². The molecular weight excluding hydrogens is 387 g/mol. The molecule has 1 unspecified atom stereocenters. The van der Waals surface area contributed by atoms with Gasteiger partial charge in [0.2, 0.25) is 5.91 Å². The minimum absolute atomic E-state index is 0.137. The molecule has 2 fully saturated rings. The molecule has 1 aromatic rings. The molecule has 2 aliphatic rings. The molecule has 3 rings (SSSR count). The molecule has 0 bridgehead atoms. The normalized spacial score (nSPS) is 21.8. The lowest BCUT2D eigenvalue weighted by Gasteiger charge is -2.36. The lowest BCUT2D eigenvalue weighted by Crippen LogP contribution is -2.53. The molecule has 0 spiro atoms. The zero-order valence-electron chi connectivity index (χ0n) is 17.8. The Bertz CT molecular complexity index is 846. The summed E-state index contributed by atoms with van der Waals surface area (Å²) in [5.74, 6) is -0.626. The molecule has 0 aliphatic carbocycles. The Labute approximate surface area is 176 Å². The van der Waals surface area contributed by atoms with E-state index >= 15 is 0 Å². The van der Waals surface area contributed by atoms with Gasteiger partial charge in [-0.2, -0.15) is 5.26 Å². The summed E-state index contributed by atoms with van der Waals surface area (Å²) in [4.78, 5) is 28.7. The zero-order valence-corrected chi connectivity index (χ0v) is 17.8. The second kappa shape index (κ2) is 8.90. The van der Waals surface area contributed by atoms with E-state index in [4.69, 9.17) is 10.00 Å². The molecule has 0 radical (unpaired) electrons. The van der Waals surface area contributed by atoms with Crippen LogP contribution >= 0.6 is 0 Å². The van der Waals surface area contributed by atoms with Crippen LogP contribution < -0.4 is 10.2 Å². The number of rotatable bonds is 3. The predicted molar refractivity (Wildman–Crippen MR) is 110 cm³/mol. The van der Waals surface area contributed by atoms with Crippen LogP contribution in [0.5, 0.6) is 0 Å². The van der Waals surface area contributed by atoms with Crippen molar-refractivity contribution < 1.29 is 18.7 Å². The maximum Gasteiger partial charge on any atom is 0.410 e. The van der Waals surface area contributed by atoms with Gasteiger partial charge in [-0.15, -0.1) is 0 Å². The standard InChI is InChI=1S/C22H29FN4O3/c1-22(2,3)30-21(29)27-11-5-7-19(27)20(28)25-16-6-4-10-26(14-16)18-9-8-15(13-24)12-17(18)23/h8-9,12,16,19H,4-7,10-11,14H2,1-3H3,(H,25,28)/t16?,19-/m0/s1. The Morgan fingerprint density at radius 1 is 1.23 bits per heavy atom. The minimum Gasteiger partial charge on any atom is -0.444 e. The fraction of sp³-hybridized carbons (Fsp3) is 0.591. The van der Waals surface area contributed by atoms with Gasteiger partial charge >= 0.3 is 6.09 Å². The molecule has 1 aromatic carbocycles. The summed E-state index contributed by atoms with van der Waals surface area (Å²) in [6, 6.07) is 5.69. The van der Waals surface area contributed by atoms with Gasteiger partial charge in [0.05, 0.1) is 17.3 Å². The first-order chi connectivity index (χ1) is 14.2. The van der Waals surface area contributed by atoms with Gasteiger partial charge in [0, 0.05) is 25.7 Å². The number of hydrogen-bond acceptors (Lipinski definition) is 5. The van der Waals surface area contributed by atoms with Crippen LogP contribution in [0.1, 0.15) is 52.0 Å². The molecule has 2 aliphatic heterocycles. The Morgan fingerprint density at radius 2 is 1.97 bits per heavy atom. The third kappa shape index (κ3) is 5.21. The number of benzene rings is 1. The molecule has 0 aromatic heterocycles. The van der Waals surface area contributed by atoms with Gasteiger partial charge in [-0.3, -0.25) is 9.69 Å². The third-order valence-corrected chi connectivity index (χ3v) is 5.37. The summed E-state index contributed by atoms with van der Waals surface area (Å²) >= 11 is 0. The monoisotopic (exact) mass is 416 g/mol. The van der Waals surface area contributed by atoms with Gasteiger partial charge in [0.15, 0.2) is 0 Å². The van der Waals surface area contributed by atoms with Crippen LogP contribution in [-0.2, 0) is 9.53 Å². The van der Waals surface area contributed by atoms with Crippen molar-refractivity contribution in [3.63, 3.8) is 0 Å². The second-order valence-corrected chi connectivity index (χ2v) is 8.90. The van der Waals surface area contributed by atoms with Gasteiger partial charge < -0.3 is 15.0 Å². The number of ether oxygens (including phenoxy) is 1. The Balaban J connectivity index is 1.62. The number of anilines is 1. The number of nitrogens with one attached hydrogen (secondary N) is 1. The van der Waals surface area contributed by atoms with Crippen molar-refractivity contribution in [3.8, 4) is 6.07 Å². The van der Waals surface area contributed by atoms with Crippen LogP contribution in [0.2, 0.25) is 0 Å². The van der Waals surface area contributed by atoms with E-state index < -0.39 is 23.6 Å².